The number of aryl methyl sites for hydroxylation is 1. The molecule has 0 atom stereocenters. The van der Waals surface area contributed by atoms with Gasteiger partial charge in [-0.05, 0) is 36.8 Å². The Morgan fingerprint density at radius 3 is 2.70 bits per heavy atom. The molecule has 2 rings (SSSR count). The first kappa shape index (κ1) is 20.7. The first-order valence-electron chi connectivity index (χ1n) is 7.74. The Bertz CT molecular complexity index is 902. The molecule has 0 fully saturated rings. The molecule has 0 heterocycles. The number of ether oxygens (including phenoxy) is 1. The first-order chi connectivity index (χ1) is 12.8. The fourth-order valence-electron chi connectivity index (χ4n) is 2.08. The lowest BCUT2D eigenvalue weighted by molar-refractivity contribution is -0.126. The van der Waals surface area contributed by atoms with E-state index in [0.29, 0.717) is 20.7 Å². The van der Waals surface area contributed by atoms with E-state index in [1.165, 1.54) is 13.3 Å². The molecule has 0 saturated carbocycles. The number of nitrogens with one attached hydrogen (secondary N) is 2. The molecule has 2 aromatic rings. The minimum atomic E-state index is -0.608. The average molecular weight is 455 g/mol. The summed E-state index contributed by atoms with van der Waals surface area (Å²) < 4.78 is 5.70. The molecule has 0 aromatic heterocycles. The molecule has 9 heteroatoms. The third-order valence-electron chi connectivity index (χ3n) is 3.46. The van der Waals surface area contributed by atoms with Gasteiger partial charge in [0.25, 0.3) is 0 Å². The highest BCUT2D eigenvalue weighted by Crippen LogP contribution is 2.32. The van der Waals surface area contributed by atoms with Gasteiger partial charge in [-0.15, -0.1) is 0 Å². The molecule has 0 aliphatic carbocycles. The standard InChI is InChI=1S/C18H17BrClN3O4/c1-10-3-4-13(7-14(10)20)22-16(24)8-17(25)23-21-9-11-5-12(19)6-15(27-2)18(11)26/h3-7,9,26H,8H2,1-2H3,(H,22,24)(H,23,25)/b21-9+. The lowest BCUT2D eigenvalue weighted by Gasteiger charge is -2.07. The summed E-state index contributed by atoms with van der Waals surface area (Å²) in [5.41, 5.74) is 3.94. The average Bonchev–Trinajstić information content (AvgIpc) is 2.60. The Labute approximate surface area is 169 Å². The number of anilines is 1. The van der Waals surface area contributed by atoms with Crippen molar-refractivity contribution in [2.45, 2.75) is 13.3 Å². The second-order valence-electron chi connectivity index (χ2n) is 5.53. The van der Waals surface area contributed by atoms with Crippen LogP contribution in [0.25, 0.3) is 0 Å². The van der Waals surface area contributed by atoms with Gasteiger partial charge in [0.15, 0.2) is 11.5 Å². The number of carbonyl (C=O) groups is 2. The normalized spacial score (nSPS) is 10.7. The lowest BCUT2D eigenvalue weighted by Crippen LogP contribution is -2.24. The van der Waals surface area contributed by atoms with Crippen LogP contribution in [-0.2, 0) is 9.59 Å². The monoisotopic (exact) mass is 453 g/mol. The second-order valence-corrected chi connectivity index (χ2v) is 6.85. The van der Waals surface area contributed by atoms with E-state index >= 15 is 0 Å². The van der Waals surface area contributed by atoms with Crippen LogP contribution in [-0.4, -0.2) is 30.2 Å². The summed E-state index contributed by atoms with van der Waals surface area (Å²) in [6, 6.07) is 8.25. The van der Waals surface area contributed by atoms with Crippen LogP contribution in [0.5, 0.6) is 11.5 Å². The van der Waals surface area contributed by atoms with Crippen LogP contribution >= 0.6 is 27.5 Å². The molecule has 0 radical (unpaired) electrons. The van der Waals surface area contributed by atoms with Crippen molar-refractivity contribution in [3.8, 4) is 11.5 Å². The van der Waals surface area contributed by atoms with Gasteiger partial charge in [-0.25, -0.2) is 5.43 Å². The van der Waals surface area contributed by atoms with Crippen LogP contribution in [0.2, 0.25) is 5.02 Å². The number of amides is 2. The Morgan fingerprint density at radius 2 is 2.04 bits per heavy atom. The Morgan fingerprint density at radius 1 is 1.30 bits per heavy atom. The molecule has 3 N–H and O–H groups in total. The second kappa shape index (κ2) is 9.38. The van der Waals surface area contributed by atoms with Crippen molar-refractivity contribution in [1.82, 2.24) is 5.43 Å². The number of hydrogen-bond acceptors (Lipinski definition) is 5. The van der Waals surface area contributed by atoms with Crippen molar-refractivity contribution in [2.24, 2.45) is 5.10 Å². The summed E-state index contributed by atoms with van der Waals surface area (Å²) in [5.74, 6) is -0.973. The van der Waals surface area contributed by atoms with Crippen molar-refractivity contribution in [1.29, 1.82) is 0 Å². The predicted molar refractivity (Wildman–Crippen MR) is 108 cm³/mol. The maximum Gasteiger partial charge on any atom is 0.249 e. The SMILES string of the molecule is COc1cc(Br)cc(/C=N/NC(=O)CC(=O)Nc2ccc(C)c(Cl)c2)c1O. The van der Waals surface area contributed by atoms with E-state index in [2.05, 4.69) is 31.8 Å². The van der Waals surface area contributed by atoms with Gasteiger partial charge in [-0.2, -0.15) is 5.10 Å². The molecule has 0 aliphatic heterocycles. The highest BCUT2D eigenvalue weighted by Gasteiger charge is 2.11. The summed E-state index contributed by atoms with van der Waals surface area (Å²) in [7, 11) is 1.42. The molecule has 0 saturated heterocycles. The zero-order valence-corrected chi connectivity index (χ0v) is 16.9. The van der Waals surface area contributed by atoms with Crippen LogP contribution in [0.3, 0.4) is 0 Å². The van der Waals surface area contributed by atoms with Crippen molar-refractivity contribution >= 4 is 51.2 Å². The van der Waals surface area contributed by atoms with Crippen molar-refractivity contribution < 1.29 is 19.4 Å². The molecular formula is C18H17BrClN3O4. The number of benzene rings is 2. The van der Waals surface area contributed by atoms with Gasteiger partial charge in [-0.3, -0.25) is 9.59 Å². The number of phenolic OH excluding ortho intramolecular Hbond substituents is 1. The highest BCUT2D eigenvalue weighted by atomic mass is 79.9. The largest absolute Gasteiger partial charge is 0.504 e. The minimum Gasteiger partial charge on any atom is -0.504 e. The van der Waals surface area contributed by atoms with E-state index in [9.17, 15) is 14.7 Å². The van der Waals surface area contributed by atoms with Gasteiger partial charge in [0, 0.05) is 20.7 Å². The molecule has 0 spiro atoms. The number of hydrogen-bond donors (Lipinski definition) is 3. The quantitative estimate of drug-likeness (QED) is 0.353. The molecule has 2 aromatic carbocycles. The first-order valence-corrected chi connectivity index (χ1v) is 8.91. The summed E-state index contributed by atoms with van der Waals surface area (Å²) in [6.45, 7) is 1.85. The Balaban J connectivity index is 1.92. The number of phenols is 1. The molecule has 0 bridgehead atoms. The maximum atomic E-state index is 11.9. The van der Waals surface area contributed by atoms with Crippen molar-refractivity contribution in [2.75, 3.05) is 12.4 Å². The van der Waals surface area contributed by atoms with Crippen LogP contribution in [0.15, 0.2) is 39.9 Å². The summed E-state index contributed by atoms with van der Waals surface area (Å²) in [4.78, 5) is 23.7. The van der Waals surface area contributed by atoms with Crippen LogP contribution < -0.4 is 15.5 Å². The van der Waals surface area contributed by atoms with E-state index in [1.807, 2.05) is 6.92 Å². The molecule has 7 nitrogen and oxygen atoms in total. The van der Waals surface area contributed by atoms with Gasteiger partial charge in [-0.1, -0.05) is 33.6 Å². The van der Waals surface area contributed by atoms with E-state index < -0.39 is 18.2 Å². The van der Waals surface area contributed by atoms with Crippen LogP contribution in [0.1, 0.15) is 17.5 Å². The molecular weight excluding hydrogens is 438 g/mol. The van der Waals surface area contributed by atoms with E-state index in [-0.39, 0.29) is 11.5 Å². The zero-order chi connectivity index (χ0) is 20.0. The van der Waals surface area contributed by atoms with Crippen LogP contribution in [0.4, 0.5) is 5.69 Å². The topological polar surface area (TPSA) is 100 Å². The van der Waals surface area contributed by atoms with E-state index in [1.54, 1.807) is 30.3 Å². The Kier molecular flexibility index (Phi) is 7.20. The number of methoxy groups -OCH3 is 1. The van der Waals surface area contributed by atoms with Gasteiger partial charge in [0.2, 0.25) is 11.8 Å². The fraction of sp³-hybridized carbons (Fsp3) is 0.167. The predicted octanol–water partition coefficient (Wildman–Crippen LogP) is 3.60. The van der Waals surface area contributed by atoms with Crippen LogP contribution in [0, 0.1) is 6.92 Å². The number of hydrazone groups is 1. The smallest absolute Gasteiger partial charge is 0.249 e. The van der Waals surface area contributed by atoms with Crippen molar-refractivity contribution in [3.63, 3.8) is 0 Å². The number of halogens is 2. The number of nitrogens with zero attached hydrogens (tertiary/aromatic N) is 1. The summed E-state index contributed by atoms with van der Waals surface area (Å²) in [6.07, 6.45) is 0.828. The molecule has 0 unspecified atom stereocenters. The Hall–Kier alpha value is -2.58. The maximum absolute atomic E-state index is 11.9. The third kappa shape index (κ3) is 5.97. The van der Waals surface area contributed by atoms with Crippen molar-refractivity contribution in [3.05, 3.63) is 51.0 Å². The lowest BCUT2D eigenvalue weighted by atomic mass is 10.2. The van der Waals surface area contributed by atoms with E-state index in [4.69, 9.17) is 16.3 Å². The van der Waals surface area contributed by atoms with Gasteiger partial charge in [0.05, 0.1) is 13.3 Å². The molecule has 2 amide bonds. The third-order valence-corrected chi connectivity index (χ3v) is 4.32. The molecule has 27 heavy (non-hydrogen) atoms. The number of carbonyl (C=O) groups excluding carboxylic acids is 2. The summed E-state index contributed by atoms with van der Waals surface area (Å²) >= 11 is 9.27. The molecule has 142 valence electrons. The van der Waals surface area contributed by atoms with Gasteiger partial charge in [0.1, 0.15) is 6.42 Å². The fourth-order valence-corrected chi connectivity index (χ4v) is 2.72. The van der Waals surface area contributed by atoms with Gasteiger partial charge < -0.3 is 15.2 Å². The number of aromatic hydroxyl groups is 1. The molecule has 0 aliphatic rings. The zero-order valence-electron chi connectivity index (χ0n) is 14.5. The number of rotatable bonds is 6. The summed E-state index contributed by atoms with van der Waals surface area (Å²) in [5, 5.41) is 16.8. The minimum absolute atomic E-state index is 0.118. The van der Waals surface area contributed by atoms with Gasteiger partial charge >= 0.3 is 0 Å². The van der Waals surface area contributed by atoms with E-state index in [0.717, 1.165) is 5.56 Å². The highest BCUT2D eigenvalue weighted by molar-refractivity contribution is 9.10.